The number of hydrogen-bond acceptors (Lipinski definition) is 17. The number of nitrogens with one attached hydrogen (secondary N) is 2. The summed E-state index contributed by atoms with van der Waals surface area (Å²) in [5.41, 5.74) is 5.82. The van der Waals surface area contributed by atoms with Crippen molar-refractivity contribution in [3.05, 3.63) is 148 Å². The fraction of sp³-hybridized carbons (Fsp3) is 0.340. The van der Waals surface area contributed by atoms with E-state index in [1.165, 1.54) is 16.7 Å². The Morgan fingerprint density at radius 2 is 1.51 bits per heavy atom. The molecule has 5 aromatic rings. The SMILES string of the molecule is CC(C)(C)OC(=O)NCCSCc1cnccc1SC1=C(C(=O)OCOC(=O)C(C)(C)C)N2C(=O)[C@@H](NC(=O)/C(=N\OC(c3ccccc3)(c3ccccc3)c3ccccc3)c3nsc(N)n3)[C@H]2CC1. The second-order valence-corrected chi connectivity index (χ2v) is 21.1. The van der Waals surface area contributed by atoms with Crippen molar-refractivity contribution in [2.45, 2.75) is 88.3 Å². The molecule has 3 amide bonds. The van der Waals surface area contributed by atoms with E-state index in [0.29, 0.717) is 52.5 Å². The van der Waals surface area contributed by atoms with E-state index in [4.69, 9.17) is 24.8 Å². The first kappa shape index (κ1) is 51.1. The Bertz CT molecular complexity index is 2650. The van der Waals surface area contributed by atoms with Gasteiger partial charge in [0.15, 0.2) is 5.13 Å². The van der Waals surface area contributed by atoms with Gasteiger partial charge in [0, 0.05) is 68.5 Å². The number of esters is 2. The first-order valence-corrected chi connectivity index (χ1v) is 25.1. The number of thioether (sulfide) groups is 2. The number of pyridine rings is 1. The van der Waals surface area contributed by atoms with E-state index < -0.39 is 65.3 Å². The molecule has 17 nitrogen and oxygen atoms in total. The molecule has 0 bridgehead atoms. The highest BCUT2D eigenvalue weighted by molar-refractivity contribution is 8.03. The van der Waals surface area contributed by atoms with E-state index in [1.54, 1.807) is 65.7 Å². The average molecular weight is 1010 g/mol. The van der Waals surface area contributed by atoms with Gasteiger partial charge in [-0.05, 0) is 66.0 Å². The zero-order chi connectivity index (χ0) is 50.1. The van der Waals surface area contributed by atoms with E-state index >= 15 is 0 Å². The van der Waals surface area contributed by atoms with E-state index in [0.717, 1.165) is 22.0 Å². The second-order valence-electron chi connectivity index (χ2n) is 18.1. The minimum Gasteiger partial charge on any atom is -0.444 e. The summed E-state index contributed by atoms with van der Waals surface area (Å²) < 4.78 is 20.4. The molecule has 0 saturated carbocycles. The third-order valence-corrected chi connectivity index (χ3v) is 13.6. The first-order chi connectivity index (χ1) is 33.5. The van der Waals surface area contributed by atoms with Gasteiger partial charge in [-0.15, -0.1) is 0 Å². The van der Waals surface area contributed by atoms with Gasteiger partial charge in [-0.1, -0.05) is 108 Å². The van der Waals surface area contributed by atoms with Crippen molar-refractivity contribution >= 4 is 75.7 Å². The maximum absolute atomic E-state index is 14.6. The number of aromatic nitrogens is 3. The number of fused-ring (bicyclic) bond motifs is 1. The smallest absolute Gasteiger partial charge is 0.407 e. The number of anilines is 1. The third-order valence-electron chi connectivity index (χ3n) is 10.8. The standard InChI is InChI=1S/C50H54N8O9S3/c1-48(2,3)45(62)65-30-64-44(61)40-37(69-36-24-25-52-28-31(36)29-68-27-26-53-47(63)66-49(4,5)6)23-22-35-38(43(60)58(35)40)54-42(59)39(41-55-46(51)70-57-41)56-67-50(32-16-10-7-11-17-32,33-18-12-8-13-19-33)34-20-14-9-15-21-34/h7-21,24-25,28,35,38H,22-23,26-27,29-30H2,1-6H3,(H,53,63)(H,54,59)(H2,51,55,57)/b56-39-/t35-,38+/m1/s1. The van der Waals surface area contributed by atoms with Crippen molar-refractivity contribution in [3.63, 3.8) is 0 Å². The van der Waals surface area contributed by atoms with Crippen LogP contribution < -0.4 is 16.4 Å². The Balaban J connectivity index is 1.15. The van der Waals surface area contributed by atoms with Gasteiger partial charge >= 0.3 is 18.0 Å². The van der Waals surface area contributed by atoms with Crippen molar-refractivity contribution in [2.75, 3.05) is 24.8 Å². The van der Waals surface area contributed by atoms with Crippen LogP contribution in [0, 0.1) is 5.41 Å². The van der Waals surface area contributed by atoms with Gasteiger partial charge in [-0.25, -0.2) is 9.59 Å². The van der Waals surface area contributed by atoms with Crippen LogP contribution in [-0.2, 0) is 49.6 Å². The van der Waals surface area contributed by atoms with Crippen LogP contribution in [0.25, 0.3) is 0 Å². The van der Waals surface area contributed by atoms with Gasteiger partial charge in [0.25, 0.3) is 11.8 Å². The molecule has 20 heteroatoms. The predicted octanol–water partition coefficient (Wildman–Crippen LogP) is 7.57. The fourth-order valence-electron chi connectivity index (χ4n) is 7.53. The average Bonchev–Trinajstić information content (AvgIpc) is 3.77. The molecule has 0 unspecified atom stereocenters. The quantitative estimate of drug-likeness (QED) is 0.0146. The zero-order valence-corrected chi connectivity index (χ0v) is 42.0. The number of rotatable bonds is 18. The van der Waals surface area contributed by atoms with Crippen LogP contribution in [0.2, 0.25) is 0 Å². The van der Waals surface area contributed by atoms with Crippen LogP contribution >= 0.6 is 35.1 Å². The summed E-state index contributed by atoms with van der Waals surface area (Å²) in [6.07, 6.45) is 3.53. The Hall–Kier alpha value is -6.77. The highest BCUT2D eigenvalue weighted by Crippen LogP contribution is 2.45. The summed E-state index contributed by atoms with van der Waals surface area (Å²) in [6, 6.07) is 28.4. The molecule has 0 spiro atoms. The molecule has 2 aliphatic rings. The van der Waals surface area contributed by atoms with Crippen molar-refractivity contribution in [1.29, 1.82) is 0 Å². The van der Waals surface area contributed by atoms with Gasteiger partial charge in [0.2, 0.25) is 23.9 Å². The molecule has 1 fully saturated rings. The molecule has 1 saturated heterocycles. The topological polar surface area (TPSA) is 227 Å². The van der Waals surface area contributed by atoms with E-state index in [2.05, 4.69) is 30.1 Å². The number of carbonyl (C=O) groups is 5. The largest absolute Gasteiger partial charge is 0.444 e. The number of β-lactam (4-membered cyclic amide) rings is 1. The van der Waals surface area contributed by atoms with Gasteiger partial charge in [0.05, 0.1) is 11.5 Å². The lowest BCUT2D eigenvalue weighted by atomic mass is 9.80. The Labute approximate surface area is 418 Å². The number of benzene rings is 3. The monoisotopic (exact) mass is 1010 g/mol. The maximum Gasteiger partial charge on any atom is 0.407 e. The molecule has 2 aliphatic heterocycles. The molecule has 4 N–H and O–H groups in total. The number of amides is 3. The number of alkyl carbamates (subject to hydrolysis) is 1. The van der Waals surface area contributed by atoms with Crippen LogP contribution in [0.4, 0.5) is 9.93 Å². The van der Waals surface area contributed by atoms with Crippen LogP contribution in [0.15, 0.2) is 130 Å². The van der Waals surface area contributed by atoms with Gasteiger partial charge in [-0.3, -0.25) is 24.3 Å². The lowest BCUT2D eigenvalue weighted by Gasteiger charge is -2.50. The minimum atomic E-state index is -1.37. The van der Waals surface area contributed by atoms with Gasteiger partial charge < -0.3 is 35.4 Å². The Kier molecular flexibility index (Phi) is 16.3. The van der Waals surface area contributed by atoms with Crippen LogP contribution in [0.1, 0.15) is 82.5 Å². The molecule has 0 aliphatic carbocycles. The second kappa shape index (κ2) is 22.3. The Morgan fingerprint density at radius 1 is 0.886 bits per heavy atom. The van der Waals surface area contributed by atoms with E-state index in [9.17, 15) is 24.0 Å². The van der Waals surface area contributed by atoms with Crippen LogP contribution in [0.3, 0.4) is 0 Å². The van der Waals surface area contributed by atoms with E-state index in [-0.39, 0.29) is 22.4 Å². The number of carbonyl (C=O) groups excluding carboxylic acids is 5. The van der Waals surface area contributed by atoms with Crippen molar-refractivity contribution in [1.82, 2.24) is 29.9 Å². The molecule has 4 heterocycles. The third kappa shape index (κ3) is 12.1. The molecule has 366 valence electrons. The summed E-state index contributed by atoms with van der Waals surface area (Å²) >= 11 is 3.73. The molecular formula is C50H54N8O9S3. The summed E-state index contributed by atoms with van der Waals surface area (Å²) in [7, 11) is 0. The number of hydrogen-bond donors (Lipinski definition) is 3. The number of nitrogen functional groups attached to an aromatic ring is 1. The van der Waals surface area contributed by atoms with Gasteiger partial charge in [-0.2, -0.15) is 21.1 Å². The number of allylic oxidation sites excluding steroid dienone is 1. The molecule has 2 atom stereocenters. The molecule has 3 aromatic carbocycles. The first-order valence-electron chi connectivity index (χ1n) is 22.4. The molecule has 7 rings (SSSR count). The fourth-order valence-corrected chi connectivity index (χ4v) is 10.0. The Morgan fingerprint density at radius 3 is 2.09 bits per heavy atom. The zero-order valence-electron chi connectivity index (χ0n) is 39.5. The number of ether oxygens (including phenoxy) is 3. The van der Waals surface area contributed by atoms with Crippen molar-refractivity contribution in [3.8, 4) is 0 Å². The summed E-state index contributed by atoms with van der Waals surface area (Å²) in [5.74, 6) is -1.88. The predicted molar refractivity (Wildman–Crippen MR) is 267 cm³/mol. The molecular weight excluding hydrogens is 953 g/mol. The van der Waals surface area contributed by atoms with Crippen LogP contribution in [0.5, 0.6) is 0 Å². The lowest BCUT2D eigenvalue weighted by Crippen LogP contribution is -2.72. The van der Waals surface area contributed by atoms with Crippen LogP contribution in [-0.4, -0.2) is 91.6 Å². The number of nitrogens with zero attached hydrogens (tertiary/aromatic N) is 5. The normalized spacial score (nSPS) is 16.1. The molecule has 70 heavy (non-hydrogen) atoms. The van der Waals surface area contributed by atoms with Crippen molar-refractivity contribution in [2.24, 2.45) is 10.6 Å². The maximum atomic E-state index is 14.6. The van der Waals surface area contributed by atoms with E-state index in [1.807, 2.05) is 97.1 Å². The highest BCUT2D eigenvalue weighted by Gasteiger charge is 2.54. The molecule has 2 aromatic heterocycles. The summed E-state index contributed by atoms with van der Waals surface area (Å²) in [5, 5.41) is 10.2. The summed E-state index contributed by atoms with van der Waals surface area (Å²) in [4.78, 5) is 85.7. The number of nitrogens with two attached hydrogens (primary N) is 1. The molecule has 0 radical (unpaired) electrons. The lowest BCUT2D eigenvalue weighted by molar-refractivity contribution is -0.174. The highest BCUT2D eigenvalue weighted by atomic mass is 32.2. The minimum absolute atomic E-state index is 0.0370. The summed E-state index contributed by atoms with van der Waals surface area (Å²) in [6.45, 7) is 10.1. The van der Waals surface area contributed by atoms with Crippen molar-refractivity contribution < 1.29 is 43.0 Å². The van der Waals surface area contributed by atoms with Gasteiger partial charge in [0.1, 0.15) is 17.3 Å². The number of oxime groups is 1.